The zero-order valence-corrected chi connectivity index (χ0v) is 11.5. The first-order chi connectivity index (χ1) is 8.95. The highest BCUT2D eigenvalue weighted by Crippen LogP contribution is 2.30. The van der Waals surface area contributed by atoms with Crippen LogP contribution in [0.4, 0.5) is 13.2 Å². The molecule has 0 N–H and O–H groups in total. The Labute approximate surface area is 113 Å². The smallest absolute Gasteiger partial charge is 0.428 e. The number of hydrogen-bond donors (Lipinski definition) is 0. The molecule has 0 fully saturated rings. The summed E-state index contributed by atoms with van der Waals surface area (Å²) in [6.07, 6.45) is 2.59. The SMILES string of the molecule is O=C1C=CCN1CCCS(=O)(=O)[N-]S(=O)(=O)C(F)(F)F. The van der Waals surface area contributed by atoms with E-state index in [2.05, 4.69) is 0 Å². The van der Waals surface area contributed by atoms with Crippen molar-refractivity contribution in [2.24, 2.45) is 0 Å². The molecule has 0 saturated heterocycles. The van der Waals surface area contributed by atoms with Gasteiger partial charge in [-0.3, -0.25) is 4.79 Å². The summed E-state index contributed by atoms with van der Waals surface area (Å²) in [5, 5.41) is 0. The number of sulfonamides is 2. The molecule has 0 aromatic heterocycles. The van der Waals surface area contributed by atoms with E-state index in [4.69, 9.17) is 0 Å². The molecule has 12 heteroatoms. The van der Waals surface area contributed by atoms with Crippen LogP contribution in [0.2, 0.25) is 0 Å². The summed E-state index contributed by atoms with van der Waals surface area (Å²) in [6, 6.07) is 0. The van der Waals surface area contributed by atoms with Gasteiger partial charge in [0.15, 0.2) is 10.0 Å². The number of carbonyl (C=O) groups excluding carboxylic acids is 1. The lowest BCUT2D eigenvalue weighted by Crippen LogP contribution is -2.29. The van der Waals surface area contributed by atoms with Gasteiger partial charge in [-0.15, -0.1) is 0 Å². The number of hydrogen-bond acceptors (Lipinski definition) is 5. The predicted octanol–water partition coefficient (Wildman–Crippen LogP) is 0.328. The standard InChI is InChI=1S/C8H10F3N2O5S2/c9-8(10,11)20(17,18)12-19(15,16)6-2-5-13-4-1-3-7(13)14/h1,3H,2,4-6H2/q-1. The average molecular weight is 335 g/mol. The summed E-state index contributed by atoms with van der Waals surface area (Å²) in [7, 11) is -10.8. The lowest BCUT2D eigenvalue weighted by atomic mass is 10.4. The summed E-state index contributed by atoms with van der Waals surface area (Å²) < 4.78 is 81.4. The van der Waals surface area contributed by atoms with Crippen molar-refractivity contribution in [3.63, 3.8) is 0 Å². The highest BCUT2D eigenvalue weighted by atomic mass is 32.3. The Kier molecular flexibility index (Phi) is 4.82. The van der Waals surface area contributed by atoms with Crippen molar-refractivity contribution in [1.29, 1.82) is 0 Å². The Bertz CT molecular complexity index is 609. The van der Waals surface area contributed by atoms with Crippen molar-refractivity contribution in [2.75, 3.05) is 18.8 Å². The van der Waals surface area contributed by atoms with Crippen LogP contribution in [0.5, 0.6) is 0 Å². The minimum atomic E-state index is -6.07. The Balaban J connectivity index is 2.53. The number of amides is 1. The van der Waals surface area contributed by atoms with Gasteiger partial charge in [0.2, 0.25) is 5.91 Å². The molecule has 116 valence electrons. The largest absolute Gasteiger partial charge is 0.480 e. The number of carbonyl (C=O) groups is 1. The Morgan fingerprint density at radius 2 is 1.85 bits per heavy atom. The number of halogens is 3. The van der Waals surface area contributed by atoms with Crippen molar-refractivity contribution in [2.45, 2.75) is 11.9 Å². The molecule has 20 heavy (non-hydrogen) atoms. The minimum Gasteiger partial charge on any atom is -0.428 e. The van der Waals surface area contributed by atoms with E-state index in [0.29, 0.717) is 0 Å². The molecule has 0 atom stereocenters. The summed E-state index contributed by atoms with van der Waals surface area (Å²) in [5.74, 6) is -1.24. The highest BCUT2D eigenvalue weighted by molar-refractivity contribution is 8.12. The normalized spacial score (nSPS) is 16.9. The zero-order valence-electron chi connectivity index (χ0n) is 9.87. The molecular weight excluding hydrogens is 325 g/mol. The molecule has 1 amide bonds. The van der Waals surface area contributed by atoms with E-state index < -0.39 is 31.3 Å². The molecule has 0 aromatic carbocycles. The maximum atomic E-state index is 12.0. The molecule has 0 aliphatic carbocycles. The second-order valence-electron chi connectivity index (χ2n) is 3.82. The lowest BCUT2D eigenvalue weighted by molar-refractivity contribution is -0.124. The molecule has 1 aliphatic rings. The zero-order chi connectivity index (χ0) is 15.6. The van der Waals surface area contributed by atoms with Gasteiger partial charge < -0.3 is 9.03 Å². The van der Waals surface area contributed by atoms with Gasteiger partial charge in [-0.05, 0) is 6.42 Å². The molecule has 1 aliphatic heterocycles. The van der Waals surface area contributed by atoms with Crippen molar-refractivity contribution in [3.8, 4) is 0 Å². The first kappa shape index (κ1) is 16.9. The second-order valence-corrected chi connectivity index (χ2v) is 7.40. The third-order valence-corrected chi connectivity index (χ3v) is 5.32. The highest BCUT2D eigenvalue weighted by Gasteiger charge is 2.40. The topological polar surface area (TPSA) is 103 Å². The summed E-state index contributed by atoms with van der Waals surface area (Å²) in [4.78, 5) is 12.4. The Hall–Kier alpha value is -1.14. The first-order valence-corrected chi connectivity index (χ1v) is 8.23. The van der Waals surface area contributed by atoms with Gasteiger partial charge in [-0.1, -0.05) is 6.08 Å². The van der Waals surface area contributed by atoms with Crippen molar-refractivity contribution in [1.82, 2.24) is 4.90 Å². The maximum Gasteiger partial charge on any atom is 0.480 e. The van der Waals surface area contributed by atoms with E-state index in [-0.39, 0.29) is 25.4 Å². The summed E-state index contributed by atoms with van der Waals surface area (Å²) in [5.41, 5.74) is -5.76. The molecule has 0 spiro atoms. The van der Waals surface area contributed by atoms with E-state index in [1.807, 2.05) is 4.13 Å². The molecule has 0 aromatic rings. The van der Waals surface area contributed by atoms with E-state index in [9.17, 15) is 34.8 Å². The lowest BCUT2D eigenvalue weighted by Gasteiger charge is -2.22. The molecular formula is C8H10F3N2O5S2-. The van der Waals surface area contributed by atoms with Crippen LogP contribution in [0.15, 0.2) is 12.2 Å². The van der Waals surface area contributed by atoms with E-state index >= 15 is 0 Å². The van der Waals surface area contributed by atoms with Crippen LogP contribution in [-0.2, 0) is 24.8 Å². The van der Waals surface area contributed by atoms with Gasteiger partial charge >= 0.3 is 5.51 Å². The van der Waals surface area contributed by atoms with Crippen LogP contribution < -0.4 is 0 Å². The predicted molar refractivity (Wildman–Crippen MR) is 62.5 cm³/mol. The fourth-order valence-corrected chi connectivity index (χ4v) is 3.67. The Morgan fingerprint density at radius 3 is 2.30 bits per heavy atom. The monoisotopic (exact) mass is 335 g/mol. The molecule has 0 saturated carbocycles. The quantitative estimate of drug-likeness (QED) is 0.696. The first-order valence-electron chi connectivity index (χ1n) is 5.18. The second kappa shape index (κ2) is 5.69. The van der Waals surface area contributed by atoms with Crippen LogP contribution in [0.1, 0.15) is 6.42 Å². The number of nitrogens with zero attached hydrogens (tertiary/aromatic N) is 2. The number of rotatable bonds is 6. The molecule has 0 unspecified atom stereocenters. The van der Waals surface area contributed by atoms with E-state index in [0.717, 1.165) is 0 Å². The molecule has 1 rings (SSSR count). The van der Waals surface area contributed by atoms with Gasteiger partial charge in [0.05, 0.1) is 10.0 Å². The van der Waals surface area contributed by atoms with Crippen molar-refractivity contribution >= 4 is 26.0 Å². The van der Waals surface area contributed by atoms with Gasteiger partial charge in [-0.25, -0.2) is 16.8 Å². The molecule has 7 nitrogen and oxygen atoms in total. The van der Waals surface area contributed by atoms with Crippen LogP contribution in [-0.4, -0.2) is 52.0 Å². The summed E-state index contributed by atoms with van der Waals surface area (Å²) >= 11 is 0. The molecule has 0 radical (unpaired) electrons. The van der Waals surface area contributed by atoms with Crippen LogP contribution in [0.25, 0.3) is 4.13 Å². The van der Waals surface area contributed by atoms with Gasteiger partial charge in [0.25, 0.3) is 0 Å². The van der Waals surface area contributed by atoms with Crippen LogP contribution in [0, 0.1) is 0 Å². The van der Waals surface area contributed by atoms with Gasteiger partial charge in [0, 0.05) is 24.9 Å². The number of alkyl halides is 3. The van der Waals surface area contributed by atoms with Crippen molar-refractivity contribution < 1.29 is 34.8 Å². The Morgan fingerprint density at radius 1 is 1.25 bits per heavy atom. The molecule has 1 heterocycles. The third-order valence-electron chi connectivity index (χ3n) is 2.23. The maximum absolute atomic E-state index is 12.0. The third kappa shape index (κ3) is 4.45. The fraction of sp³-hybridized carbons (Fsp3) is 0.625. The minimum absolute atomic E-state index is 0.0212. The van der Waals surface area contributed by atoms with Crippen LogP contribution >= 0.6 is 0 Å². The van der Waals surface area contributed by atoms with Gasteiger partial charge in [-0.2, -0.15) is 13.2 Å². The van der Waals surface area contributed by atoms with E-state index in [1.165, 1.54) is 17.1 Å². The van der Waals surface area contributed by atoms with Gasteiger partial charge in [0.1, 0.15) is 0 Å². The summed E-state index contributed by atoms with van der Waals surface area (Å²) in [6.45, 7) is 0.253. The average Bonchev–Trinajstić information content (AvgIpc) is 2.60. The van der Waals surface area contributed by atoms with E-state index in [1.54, 1.807) is 0 Å². The molecule has 0 bridgehead atoms. The van der Waals surface area contributed by atoms with Crippen LogP contribution in [0.3, 0.4) is 0 Å². The van der Waals surface area contributed by atoms with Crippen molar-refractivity contribution in [3.05, 3.63) is 16.3 Å². The fourth-order valence-electron chi connectivity index (χ4n) is 1.34.